The lowest BCUT2D eigenvalue weighted by Crippen LogP contribution is -2.30. The largest absolute Gasteiger partial charge is 0.494 e. The molecule has 0 bridgehead atoms. The molecule has 1 heterocycles. The van der Waals surface area contributed by atoms with Crippen molar-refractivity contribution < 1.29 is 19.4 Å². The van der Waals surface area contributed by atoms with Crippen molar-refractivity contribution in [2.24, 2.45) is 0 Å². The third kappa shape index (κ3) is 2.97. The van der Waals surface area contributed by atoms with Gasteiger partial charge < -0.3 is 14.6 Å². The van der Waals surface area contributed by atoms with Crippen molar-refractivity contribution in [2.75, 3.05) is 6.61 Å². The topological polar surface area (TPSA) is 67.8 Å². The quantitative estimate of drug-likeness (QED) is 0.841. The number of ether oxygens (including phenoxy) is 2. The van der Waals surface area contributed by atoms with Gasteiger partial charge in [-0.2, -0.15) is 0 Å². The van der Waals surface area contributed by atoms with E-state index in [1.165, 1.54) is 0 Å². The average molecular weight is 291 g/mol. The van der Waals surface area contributed by atoms with Crippen LogP contribution >= 0.6 is 0 Å². The Labute approximate surface area is 124 Å². The summed E-state index contributed by atoms with van der Waals surface area (Å²) in [6.45, 7) is 4.43. The molecule has 0 aromatic heterocycles. The number of hydrogen-bond acceptors (Lipinski definition) is 4. The highest BCUT2D eigenvalue weighted by molar-refractivity contribution is 5.77. The van der Waals surface area contributed by atoms with Gasteiger partial charge in [0.2, 0.25) is 0 Å². The fourth-order valence-electron chi connectivity index (χ4n) is 2.74. The van der Waals surface area contributed by atoms with E-state index in [9.17, 15) is 9.90 Å². The van der Waals surface area contributed by atoms with E-state index < -0.39 is 12.0 Å². The Morgan fingerprint density at radius 3 is 2.90 bits per heavy atom. The molecule has 0 spiro atoms. The molecule has 5 nitrogen and oxygen atoms in total. The van der Waals surface area contributed by atoms with Crippen LogP contribution in [0.2, 0.25) is 0 Å². The lowest BCUT2D eigenvalue weighted by Gasteiger charge is -2.19. The first-order valence-corrected chi connectivity index (χ1v) is 7.53. The number of carboxylic acids is 1. The minimum Gasteiger partial charge on any atom is -0.494 e. The maximum absolute atomic E-state index is 11.6. The van der Waals surface area contributed by atoms with E-state index in [1.54, 1.807) is 0 Å². The van der Waals surface area contributed by atoms with Gasteiger partial charge in [-0.3, -0.25) is 10.1 Å². The molecular formula is C16H21NO4. The van der Waals surface area contributed by atoms with Crippen LogP contribution in [0.3, 0.4) is 0 Å². The van der Waals surface area contributed by atoms with Crippen LogP contribution in [0.1, 0.15) is 43.9 Å². The van der Waals surface area contributed by atoms with E-state index in [2.05, 4.69) is 5.32 Å². The van der Waals surface area contributed by atoms with Gasteiger partial charge in [0, 0.05) is 23.6 Å². The Morgan fingerprint density at radius 1 is 1.52 bits per heavy atom. The molecule has 2 N–H and O–H groups in total. The Morgan fingerprint density at radius 2 is 2.29 bits per heavy atom. The summed E-state index contributed by atoms with van der Waals surface area (Å²) in [5, 5.41) is 12.7. The first-order valence-electron chi connectivity index (χ1n) is 7.53. The van der Waals surface area contributed by atoms with Crippen LogP contribution in [0, 0.1) is 0 Å². The number of rotatable bonds is 6. The standard InChI is InChI=1S/C16H21NO4/c1-3-20-14-7-10-6-9(2)21-13(10)8-12(14)15(16(18)19)17-11-4-5-11/h7-9,11,15,17H,3-6H2,1-2H3,(H,18,19). The molecule has 0 radical (unpaired) electrons. The minimum absolute atomic E-state index is 0.129. The van der Waals surface area contributed by atoms with Crippen LogP contribution in [0.25, 0.3) is 0 Å². The molecule has 1 fully saturated rings. The fourth-order valence-corrected chi connectivity index (χ4v) is 2.74. The van der Waals surface area contributed by atoms with Crippen molar-refractivity contribution in [1.82, 2.24) is 5.32 Å². The highest BCUT2D eigenvalue weighted by Crippen LogP contribution is 2.38. The van der Waals surface area contributed by atoms with Crippen LogP contribution in [0.4, 0.5) is 0 Å². The number of fused-ring (bicyclic) bond motifs is 1. The number of aliphatic carboxylic acids is 1. The second-order valence-corrected chi connectivity index (χ2v) is 5.78. The molecule has 1 aliphatic heterocycles. The van der Waals surface area contributed by atoms with E-state index in [-0.39, 0.29) is 6.10 Å². The average Bonchev–Trinajstić information content (AvgIpc) is 3.16. The Kier molecular flexibility index (Phi) is 3.76. The van der Waals surface area contributed by atoms with Crippen LogP contribution in [0.15, 0.2) is 12.1 Å². The van der Waals surface area contributed by atoms with E-state index in [0.29, 0.717) is 24.0 Å². The molecule has 2 unspecified atom stereocenters. The molecule has 2 aliphatic rings. The van der Waals surface area contributed by atoms with Gasteiger partial charge in [0.1, 0.15) is 23.6 Å². The predicted molar refractivity (Wildman–Crippen MR) is 77.9 cm³/mol. The van der Waals surface area contributed by atoms with Gasteiger partial charge in [0.25, 0.3) is 0 Å². The minimum atomic E-state index is -0.881. The highest BCUT2D eigenvalue weighted by Gasteiger charge is 2.33. The van der Waals surface area contributed by atoms with Gasteiger partial charge in [0.15, 0.2) is 0 Å². The molecule has 1 aliphatic carbocycles. The molecule has 3 rings (SSSR count). The SMILES string of the molecule is CCOc1cc2c(cc1C(NC1CC1)C(=O)O)OC(C)C2. The monoisotopic (exact) mass is 291 g/mol. The van der Waals surface area contributed by atoms with Crippen LogP contribution in [0.5, 0.6) is 11.5 Å². The number of carbonyl (C=O) groups is 1. The number of hydrogen-bond donors (Lipinski definition) is 2. The Balaban J connectivity index is 1.97. The maximum atomic E-state index is 11.6. The normalized spacial score (nSPS) is 21.5. The number of carboxylic acid groups (broad SMARTS) is 1. The summed E-state index contributed by atoms with van der Waals surface area (Å²) in [6.07, 6.45) is 3.03. The van der Waals surface area contributed by atoms with E-state index in [0.717, 1.165) is 30.6 Å². The Hall–Kier alpha value is -1.75. The van der Waals surface area contributed by atoms with E-state index in [4.69, 9.17) is 9.47 Å². The second kappa shape index (κ2) is 5.56. The van der Waals surface area contributed by atoms with Crippen molar-refractivity contribution >= 4 is 5.97 Å². The molecule has 114 valence electrons. The Bertz CT molecular complexity index is 553. The number of nitrogens with one attached hydrogen (secondary N) is 1. The van der Waals surface area contributed by atoms with Crippen LogP contribution in [-0.2, 0) is 11.2 Å². The molecular weight excluding hydrogens is 270 g/mol. The zero-order valence-electron chi connectivity index (χ0n) is 12.4. The summed E-state index contributed by atoms with van der Waals surface area (Å²) in [7, 11) is 0. The molecule has 21 heavy (non-hydrogen) atoms. The van der Waals surface area contributed by atoms with Crippen molar-refractivity contribution in [3.63, 3.8) is 0 Å². The fraction of sp³-hybridized carbons (Fsp3) is 0.562. The zero-order valence-corrected chi connectivity index (χ0v) is 12.4. The first kappa shape index (κ1) is 14.2. The van der Waals surface area contributed by atoms with Crippen molar-refractivity contribution in [3.05, 3.63) is 23.3 Å². The molecule has 5 heteroatoms. The molecule has 1 aromatic carbocycles. The zero-order chi connectivity index (χ0) is 15.0. The highest BCUT2D eigenvalue weighted by atomic mass is 16.5. The third-order valence-electron chi connectivity index (χ3n) is 3.87. The first-order chi connectivity index (χ1) is 10.1. The van der Waals surface area contributed by atoms with Crippen molar-refractivity contribution in [1.29, 1.82) is 0 Å². The summed E-state index contributed by atoms with van der Waals surface area (Å²) < 4.78 is 11.4. The van der Waals surface area contributed by atoms with Crippen molar-refractivity contribution in [3.8, 4) is 11.5 Å². The van der Waals surface area contributed by atoms with Crippen molar-refractivity contribution in [2.45, 2.75) is 51.3 Å². The van der Waals surface area contributed by atoms with Gasteiger partial charge in [-0.15, -0.1) is 0 Å². The van der Waals surface area contributed by atoms with Gasteiger partial charge in [-0.1, -0.05) is 0 Å². The van der Waals surface area contributed by atoms with Gasteiger partial charge in [-0.25, -0.2) is 0 Å². The lowest BCUT2D eigenvalue weighted by atomic mass is 10.0. The van der Waals surface area contributed by atoms with Crippen LogP contribution < -0.4 is 14.8 Å². The third-order valence-corrected chi connectivity index (χ3v) is 3.87. The smallest absolute Gasteiger partial charge is 0.325 e. The maximum Gasteiger partial charge on any atom is 0.325 e. The van der Waals surface area contributed by atoms with E-state index in [1.807, 2.05) is 26.0 Å². The summed E-state index contributed by atoms with van der Waals surface area (Å²) in [4.78, 5) is 11.6. The van der Waals surface area contributed by atoms with Gasteiger partial charge in [0.05, 0.1) is 6.61 Å². The summed E-state index contributed by atoms with van der Waals surface area (Å²) in [5.41, 5.74) is 1.74. The van der Waals surface area contributed by atoms with Crippen LogP contribution in [-0.4, -0.2) is 29.8 Å². The molecule has 2 atom stereocenters. The van der Waals surface area contributed by atoms with Gasteiger partial charge >= 0.3 is 5.97 Å². The van der Waals surface area contributed by atoms with E-state index >= 15 is 0 Å². The summed E-state index contributed by atoms with van der Waals surface area (Å²) in [5.74, 6) is 0.549. The number of benzene rings is 1. The molecule has 0 amide bonds. The molecule has 1 saturated carbocycles. The predicted octanol–water partition coefficient (Wildman–Crippen LogP) is 2.29. The molecule has 0 saturated heterocycles. The summed E-state index contributed by atoms with van der Waals surface area (Å²) in [6, 6.07) is 3.32. The second-order valence-electron chi connectivity index (χ2n) is 5.78. The lowest BCUT2D eigenvalue weighted by molar-refractivity contribution is -0.139. The molecule has 1 aromatic rings. The summed E-state index contributed by atoms with van der Waals surface area (Å²) >= 11 is 0. The van der Waals surface area contributed by atoms with Gasteiger partial charge in [-0.05, 0) is 38.8 Å².